The maximum Gasteiger partial charge on any atom is 0.262 e. The number of methoxy groups -OCH3 is 1. The molecule has 1 amide bonds. The molecule has 0 saturated carbocycles. The highest BCUT2D eigenvalue weighted by Crippen LogP contribution is 2.22. The Bertz CT molecular complexity index is 1460. The van der Waals surface area contributed by atoms with E-state index in [0.717, 1.165) is 39.0 Å². The number of aromatic nitrogens is 3. The molecule has 0 aliphatic carbocycles. The van der Waals surface area contributed by atoms with Crippen LogP contribution in [0.2, 0.25) is 0 Å². The van der Waals surface area contributed by atoms with Crippen molar-refractivity contribution in [3.05, 3.63) is 103 Å². The number of nitrogens with one attached hydrogen (secondary N) is 1. The Labute approximate surface area is 202 Å². The third-order valence-corrected chi connectivity index (χ3v) is 5.57. The van der Waals surface area contributed by atoms with Crippen LogP contribution in [0.4, 0.5) is 5.69 Å². The van der Waals surface area contributed by atoms with Crippen molar-refractivity contribution in [1.29, 1.82) is 0 Å². The summed E-state index contributed by atoms with van der Waals surface area (Å²) in [6, 6.07) is 29.1. The summed E-state index contributed by atoms with van der Waals surface area (Å²) < 4.78 is 12.7. The molecular weight excluding hydrogens is 440 g/mol. The Morgan fingerprint density at radius 2 is 1.71 bits per heavy atom. The minimum absolute atomic E-state index is 0.0805. The first-order valence-corrected chi connectivity index (χ1v) is 11.2. The maximum absolute atomic E-state index is 12.3. The summed E-state index contributed by atoms with van der Waals surface area (Å²) in [6.07, 6.45) is 1.90. The van der Waals surface area contributed by atoms with Gasteiger partial charge in [-0.15, -0.1) is 5.10 Å². The topological polar surface area (TPSA) is 78.3 Å². The predicted octanol–water partition coefficient (Wildman–Crippen LogP) is 5.17. The second-order valence-corrected chi connectivity index (χ2v) is 8.08. The number of benzene rings is 4. The summed E-state index contributed by atoms with van der Waals surface area (Å²) >= 11 is 0. The van der Waals surface area contributed by atoms with E-state index in [2.05, 4.69) is 15.6 Å². The minimum atomic E-state index is -0.218. The van der Waals surface area contributed by atoms with E-state index in [4.69, 9.17) is 9.47 Å². The first-order chi connectivity index (χ1) is 17.2. The lowest BCUT2D eigenvalue weighted by molar-refractivity contribution is -0.118. The van der Waals surface area contributed by atoms with Crippen molar-refractivity contribution in [3.8, 4) is 22.8 Å². The molecule has 0 bridgehead atoms. The van der Waals surface area contributed by atoms with Gasteiger partial charge in [-0.05, 0) is 64.9 Å². The van der Waals surface area contributed by atoms with Crippen LogP contribution in [-0.4, -0.2) is 34.6 Å². The first-order valence-electron chi connectivity index (χ1n) is 11.2. The number of anilines is 1. The Kier molecular flexibility index (Phi) is 6.39. The van der Waals surface area contributed by atoms with Crippen LogP contribution in [0, 0.1) is 0 Å². The van der Waals surface area contributed by atoms with Crippen molar-refractivity contribution in [3.63, 3.8) is 0 Å². The average Bonchev–Trinajstić information content (AvgIpc) is 3.36. The molecule has 1 aromatic heterocycles. The number of carbonyl (C=O) groups is 1. The van der Waals surface area contributed by atoms with Crippen molar-refractivity contribution in [1.82, 2.24) is 15.0 Å². The molecule has 5 aromatic rings. The molecule has 0 fully saturated rings. The number of rotatable bonds is 8. The van der Waals surface area contributed by atoms with Gasteiger partial charge in [-0.1, -0.05) is 47.7 Å². The molecule has 0 spiro atoms. The van der Waals surface area contributed by atoms with Gasteiger partial charge < -0.3 is 14.8 Å². The molecule has 174 valence electrons. The zero-order chi connectivity index (χ0) is 24.0. The Hall–Kier alpha value is -4.65. The van der Waals surface area contributed by atoms with E-state index < -0.39 is 0 Å². The van der Waals surface area contributed by atoms with Crippen molar-refractivity contribution >= 4 is 22.4 Å². The third kappa shape index (κ3) is 5.47. The fourth-order valence-corrected chi connectivity index (χ4v) is 3.80. The van der Waals surface area contributed by atoms with Crippen LogP contribution in [0.15, 0.2) is 97.2 Å². The van der Waals surface area contributed by atoms with Crippen LogP contribution in [0.5, 0.6) is 11.5 Å². The van der Waals surface area contributed by atoms with Gasteiger partial charge in [-0.3, -0.25) is 4.79 Å². The highest BCUT2D eigenvalue weighted by molar-refractivity contribution is 5.95. The second-order valence-electron chi connectivity index (χ2n) is 8.08. The molecule has 0 unspecified atom stereocenters. The van der Waals surface area contributed by atoms with Crippen molar-refractivity contribution in [2.75, 3.05) is 19.0 Å². The van der Waals surface area contributed by atoms with Gasteiger partial charge in [0.05, 0.1) is 19.9 Å². The summed E-state index contributed by atoms with van der Waals surface area (Å²) in [6.45, 7) is 0.514. The molecule has 1 N–H and O–H groups in total. The van der Waals surface area contributed by atoms with Gasteiger partial charge >= 0.3 is 0 Å². The molecule has 0 saturated heterocycles. The lowest BCUT2D eigenvalue weighted by Crippen LogP contribution is -2.20. The van der Waals surface area contributed by atoms with E-state index in [9.17, 15) is 4.79 Å². The van der Waals surface area contributed by atoms with E-state index in [1.807, 2.05) is 97.2 Å². The van der Waals surface area contributed by atoms with Crippen molar-refractivity contribution in [2.24, 2.45) is 0 Å². The van der Waals surface area contributed by atoms with Crippen LogP contribution in [0.3, 0.4) is 0 Å². The van der Waals surface area contributed by atoms with Crippen molar-refractivity contribution < 1.29 is 14.3 Å². The molecule has 5 rings (SSSR count). The summed E-state index contributed by atoms with van der Waals surface area (Å²) in [5, 5.41) is 13.6. The Balaban J connectivity index is 1.16. The summed E-state index contributed by atoms with van der Waals surface area (Å²) in [5.74, 6) is 1.19. The molecule has 0 radical (unpaired) electrons. The molecule has 1 heterocycles. The third-order valence-electron chi connectivity index (χ3n) is 5.57. The Morgan fingerprint density at radius 3 is 2.54 bits per heavy atom. The van der Waals surface area contributed by atoms with Crippen LogP contribution < -0.4 is 14.8 Å². The van der Waals surface area contributed by atoms with E-state index in [0.29, 0.717) is 12.3 Å². The smallest absolute Gasteiger partial charge is 0.262 e. The van der Waals surface area contributed by atoms with Gasteiger partial charge in [-0.25, -0.2) is 4.68 Å². The highest BCUT2D eigenvalue weighted by atomic mass is 16.5. The molecule has 7 nitrogen and oxygen atoms in total. The number of ether oxygens (including phenoxy) is 2. The van der Waals surface area contributed by atoms with E-state index in [1.165, 1.54) is 0 Å². The summed E-state index contributed by atoms with van der Waals surface area (Å²) in [4.78, 5) is 12.3. The minimum Gasteiger partial charge on any atom is -0.497 e. The Morgan fingerprint density at radius 1 is 0.886 bits per heavy atom. The maximum atomic E-state index is 12.3. The quantitative estimate of drug-likeness (QED) is 0.343. The van der Waals surface area contributed by atoms with Crippen LogP contribution in [-0.2, 0) is 11.3 Å². The normalized spacial score (nSPS) is 10.8. The van der Waals surface area contributed by atoms with Gasteiger partial charge in [-0.2, -0.15) is 0 Å². The number of carbonyl (C=O) groups excluding carboxylic acids is 1. The fourth-order valence-electron chi connectivity index (χ4n) is 3.80. The van der Waals surface area contributed by atoms with Crippen molar-refractivity contribution in [2.45, 2.75) is 6.54 Å². The number of amides is 1. The fraction of sp³-hybridized carbons (Fsp3) is 0.107. The zero-order valence-electron chi connectivity index (χ0n) is 19.2. The molecule has 35 heavy (non-hydrogen) atoms. The average molecular weight is 465 g/mol. The number of fused-ring (bicyclic) bond motifs is 1. The van der Waals surface area contributed by atoms with Crippen LogP contribution in [0.1, 0.15) is 5.56 Å². The monoisotopic (exact) mass is 464 g/mol. The molecule has 0 atom stereocenters. The SMILES string of the molecule is COc1cccc(Cn2cc(-c3ccc(OCC(=O)Nc4ccc5ccccc5c4)cc3)nn2)c1. The summed E-state index contributed by atoms with van der Waals surface area (Å²) in [7, 11) is 1.65. The molecule has 0 aliphatic rings. The highest BCUT2D eigenvalue weighted by Gasteiger charge is 2.08. The molecule has 4 aromatic carbocycles. The van der Waals surface area contributed by atoms with Gasteiger partial charge in [0.25, 0.3) is 5.91 Å². The van der Waals surface area contributed by atoms with Gasteiger partial charge in [0, 0.05) is 11.3 Å². The summed E-state index contributed by atoms with van der Waals surface area (Å²) in [5.41, 5.74) is 3.49. The largest absolute Gasteiger partial charge is 0.497 e. The zero-order valence-corrected chi connectivity index (χ0v) is 19.2. The van der Waals surface area contributed by atoms with Crippen LogP contribution >= 0.6 is 0 Å². The molecule has 7 heteroatoms. The predicted molar refractivity (Wildman–Crippen MR) is 136 cm³/mol. The lowest BCUT2D eigenvalue weighted by atomic mass is 10.1. The van der Waals surface area contributed by atoms with Gasteiger partial charge in [0.2, 0.25) is 0 Å². The number of nitrogens with zero attached hydrogens (tertiary/aromatic N) is 3. The van der Waals surface area contributed by atoms with Gasteiger partial charge in [0.1, 0.15) is 17.2 Å². The molecular formula is C28H24N4O3. The van der Waals surface area contributed by atoms with E-state index in [1.54, 1.807) is 11.8 Å². The standard InChI is InChI=1S/C28H24N4O3/c1-34-26-8-4-5-20(15-26)17-32-18-27(30-31-32)22-10-13-25(14-11-22)35-19-28(33)29-24-12-9-21-6-2-3-7-23(21)16-24/h2-16,18H,17,19H2,1H3,(H,29,33). The number of hydrogen-bond donors (Lipinski definition) is 1. The lowest BCUT2D eigenvalue weighted by Gasteiger charge is -2.09. The van der Waals surface area contributed by atoms with Gasteiger partial charge in [0.15, 0.2) is 6.61 Å². The van der Waals surface area contributed by atoms with Crippen LogP contribution in [0.25, 0.3) is 22.0 Å². The number of hydrogen-bond acceptors (Lipinski definition) is 5. The van der Waals surface area contributed by atoms with E-state index >= 15 is 0 Å². The van der Waals surface area contributed by atoms with E-state index in [-0.39, 0.29) is 12.5 Å². The molecule has 0 aliphatic heterocycles. The second kappa shape index (κ2) is 10.1. The first kappa shape index (κ1) is 22.2.